The maximum Gasteiger partial charge on any atom is 0.255 e. The van der Waals surface area contributed by atoms with Gasteiger partial charge in [0.1, 0.15) is 5.84 Å². The van der Waals surface area contributed by atoms with Crippen LogP contribution in [0.1, 0.15) is 19.3 Å². The Morgan fingerprint density at radius 2 is 2.35 bits per heavy atom. The van der Waals surface area contributed by atoms with Crippen LogP contribution < -0.4 is 5.32 Å². The summed E-state index contributed by atoms with van der Waals surface area (Å²) in [7, 11) is -3.12. The molecule has 7 nitrogen and oxygen atoms in total. The molecule has 2 saturated heterocycles. The smallest absolute Gasteiger partial charge is 0.255 e. The Hall–Kier alpha value is -0.990. The molecule has 2 unspecified atom stereocenters. The van der Waals surface area contributed by atoms with Crippen molar-refractivity contribution in [2.45, 2.75) is 24.8 Å². The third-order valence-corrected chi connectivity index (χ3v) is 5.50. The van der Waals surface area contributed by atoms with Crippen LogP contribution in [-0.2, 0) is 19.6 Å². The van der Waals surface area contributed by atoms with Gasteiger partial charge in [0, 0.05) is 32.5 Å². The fourth-order valence-corrected chi connectivity index (χ4v) is 3.96. The second kappa shape index (κ2) is 4.78. The number of nitrogens with zero attached hydrogens (tertiary/aromatic N) is 2. The van der Waals surface area contributed by atoms with Crippen LogP contribution in [0.3, 0.4) is 0 Å². The zero-order valence-corrected chi connectivity index (χ0v) is 12.3. The van der Waals surface area contributed by atoms with Crippen LogP contribution >= 0.6 is 0 Å². The Morgan fingerprint density at radius 3 is 2.95 bits per heavy atom. The summed E-state index contributed by atoms with van der Waals surface area (Å²) in [5, 5.41) is 2.83. The van der Waals surface area contributed by atoms with Gasteiger partial charge in [0.15, 0.2) is 5.54 Å². The lowest BCUT2D eigenvalue weighted by molar-refractivity contribution is -0.123. The molecule has 1 amide bonds. The van der Waals surface area contributed by atoms with Gasteiger partial charge in [-0.2, -0.15) is 0 Å². The molecule has 1 spiro atoms. The summed E-state index contributed by atoms with van der Waals surface area (Å²) in [4.78, 5) is 16.5. The third-order valence-electron chi connectivity index (χ3n) is 4.23. The van der Waals surface area contributed by atoms with Gasteiger partial charge < -0.3 is 10.1 Å². The van der Waals surface area contributed by atoms with Crippen molar-refractivity contribution in [1.82, 2.24) is 9.62 Å². The minimum absolute atomic E-state index is 0.0806. The topological polar surface area (TPSA) is 88.1 Å². The first kappa shape index (κ1) is 14.0. The molecule has 0 radical (unpaired) electrons. The first-order valence-electron chi connectivity index (χ1n) is 6.82. The van der Waals surface area contributed by atoms with E-state index in [1.807, 2.05) is 0 Å². The minimum atomic E-state index is -3.12. The fraction of sp³-hybridized carbons (Fsp3) is 0.833. The van der Waals surface area contributed by atoms with E-state index in [-0.39, 0.29) is 11.8 Å². The molecule has 1 N–H and O–H groups in total. The van der Waals surface area contributed by atoms with Crippen molar-refractivity contribution in [1.29, 1.82) is 0 Å². The Kier molecular flexibility index (Phi) is 3.34. The summed E-state index contributed by atoms with van der Waals surface area (Å²) < 4.78 is 29.7. The monoisotopic (exact) mass is 301 g/mol. The molecule has 8 heteroatoms. The number of hydrogen-bond donors (Lipinski definition) is 1. The number of nitrogens with one attached hydrogen (secondary N) is 1. The van der Waals surface area contributed by atoms with Gasteiger partial charge in [-0.3, -0.25) is 9.79 Å². The lowest BCUT2D eigenvalue weighted by Crippen LogP contribution is -2.40. The van der Waals surface area contributed by atoms with Gasteiger partial charge in [0.25, 0.3) is 5.91 Å². The van der Waals surface area contributed by atoms with Crippen molar-refractivity contribution in [3.05, 3.63) is 0 Å². The lowest BCUT2D eigenvalue weighted by atomic mass is 10.0. The minimum Gasteiger partial charge on any atom is -0.378 e. The van der Waals surface area contributed by atoms with Gasteiger partial charge in [-0.15, -0.1) is 0 Å². The van der Waals surface area contributed by atoms with Gasteiger partial charge in [0.05, 0.1) is 12.9 Å². The number of aliphatic imine (C=N–C) groups is 1. The van der Waals surface area contributed by atoms with Crippen LogP contribution in [0.2, 0.25) is 0 Å². The number of carbonyl (C=O) groups excluding carboxylic acids is 1. The molecule has 2 fully saturated rings. The van der Waals surface area contributed by atoms with Gasteiger partial charge in [0.2, 0.25) is 10.0 Å². The molecule has 0 bridgehead atoms. The predicted octanol–water partition coefficient (Wildman–Crippen LogP) is -0.655. The molecule has 2 atom stereocenters. The number of sulfonamides is 1. The molecular formula is C12H19N3O4S. The Balaban J connectivity index is 1.64. The molecule has 0 aliphatic carbocycles. The lowest BCUT2D eigenvalue weighted by Gasteiger charge is -2.13. The molecule has 20 heavy (non-hydrogen) atoms. The van der Waals surface area contributed by atoms with Crippen LogP contribution in [0.15, 0.2) is 4.99 Å². The molecule has 0 aromatic rings. The highest BCUT2D eigenvalue weighted by Gasteiger charge is 2.47. The second-order valence-electron chi connectivity index (χ2n) is 5.83. The fourth-order valence-electron chi connectivity index (χ4n) is 3.04. The molecule has 112 valence electrons. The van der Waals surface area contributed by atoms with Crippen molar-refractivity contribution in [3.63, 3.8) is 0 Å². The highest BCUT2D eigenvalue weighted by atomic mass is 32.2. The summed E-state index contributed by atoms with van der Waals surface area (Å²) >= 11 is 0. The molecule has 3 aliphatic rings. The van der Waals surface area contributed by atoms with E-state index >= 15 is 0 Å². The predicted molar refractivity (Wildman–Crippen MR) is 72.9 cm³/mol. The quantitative estimate of drug-likeness (QED) is 0.750. The second-order valence-corrected chi connectivity index (χ2v) is 7.81. The van der Waals surface area contributed by atoms with Crippen molar-refractivity contribution >= 4 is 21.8 Å². The van der Waals surface area contributed by atoms with Gasteiger partial charge >= 0.3 is 0 Å². The molecule has 3 aliphatic heterocycles. The van der Waals surface area contributed by atoms with Crippen molar-refractivity contribution in [2.24, 2.45) is 10.9 Å². The van der Waals surface area contributed by atoms with Crippen LogP contribution in [0.5, 0.6) is 0 Å². The van der Waals surface area contributed by atoms with E-state index in [4.69, 9.17) is 4.74 Å². The van der Waals surface area contributed by atoms with Gasteiger partial charge in [-0.25, -0.2) is 12.7 Å². The zero-order chi connectivity index (χ0) is 14.4. The Morgan fingerprint density at radius 1 is 1.55 bits per heavy atom. The number of ether oxygens (including phenoxy) is 1. The van der Waals surface area contributed by atoms with E-state index in [1.165, 1.54) is 10.6 Å². The Bertz CT molecular complexity index is 551. The molecule has 0 saturated carbocycles. The average Bonchev–Trinajstić information content (AvgIpc) is 3.02. The van der Waals surface area contributed by atoms with Crippen LogP contribution in [-0.4, -0.2) is 62.6 Å². The third kappa shape index (κ3) is 2.47. The highest BCUT2D eigenvalue weighted by molar-refractivity contribution is 7.88. The van der Waals surface area contributed by atoms with Gasteiger partial charge in [-0.05, 0) is 12.3 Å². The van der Waals surface area contributed by atoms with E-state index in [9.17, 15) is 13.2 Å². The summed E-state index contributed by atoms with van der Waals surface area (Å²) in [6.07, 6.45) is 3.29. The molecule has 3 rings (SSSR count). The number of amidine groups is 1. The zero-order valence-electron chi connectivity index (χ0n) is 11.5. The number of rotatable bonds is 3. The number of carbonyl (C=O) groups is 1. The van der Waals surface area contributed by atoms with Crippen molar-refractivity contribution in [2.75, 3.05) is 32.6 Å². The van der Waals surface area contributed by atoms with Crippen molar-refractivity contribution < 1.29 is 17.9 Å². The van der Waals surface area contributed by atoms with Crippen LogP contribution in [0.25, 0.3) is 0 Å². The maximum absolute atomic E-state index is 12.0. The standard InChI is InChI=1S/C12H19N3O4S/c1-20(17,18)15-4-2-9(7-15)6-10-13-11(16)12(14-10)3-5-19-8-12/h9H,2-8H2,1H3,(H,13,14,16). The summed E-state index contributed by atoms with van der Waals surface area (Å²) in [5.74, 6) is 0.824. The molecule has 0 aromatic heterocycles. The first-order valence-corrected chi connectivity index (χ1v) is 8.67. The summed E-state index contributed by atoms with van der Waals surface area (Å²) in [5.41, 5.74) is -0.718. The normalized spacial score (nSPS) is 34.8. The number of amides is 1. The molecular weight excluding hydrogens is 282 g/mol. The van der Waals surface area contributed by atoms with E-state index < -0.39 is 15.6 Å². The number of hydrogen-bond acceptors (Lipinski definition) is 5. The summed E-state index contributed by atoms with van der Waals surface area (Å²) in [6, 6.07) is 0. The van der Waals surface area contributed by atoms with Gasteiger partial charge in [-0.1, -0.05) is 0 Å². The van der Waals surface area contributed by atoms with E-state index in [2.05, 4.69) is 10.3 Å². The van der Waals surface area contributed by atoms with E-state index in [0.717, 1.165) is 6.42 Å². The average molecular weight is 301 g/mol. The summed E-state index contributed by atoms with van der Waals surface area (Å²) in [6.45, 7) is 1.98. The molecule has 0 aromatic carbocycles. The van der Waals surface area contributed by atoms with E-state index in [1.54, 1.807) is 0 Å². The van der Waals surface area contributed by atoms with Crippen LogP contribution in [0, 0.1) is 5.92 Å². The van der Waals surface area contributed by atoms with Crippen LogP contribution in [0.4, 0.5) is 0 Å². The SMILES string of the molecule is CS(=O)(=O)N1CCC(CC2=NC3(CCOC3)C(=O)N2)C1. The highest BCUT2D eigenvalue weighted by Crippen LogP contribution is 2.29. The van der Waals surface area contributed by atoms with E-state index in [0.29, 0.717) is 45.0 Å². The maximum atomic E-state index is 12.0. The largest absolute Gasteiger partial charge is 0.378 e. The van der Waals surface area contributed by atoms with Crippen molar-refractivity contribution in [3.8, 4) is 0 Å². The first-order chi connectivity index (χ1) is 9.39. The molecule has 3 heterocycles. The Labute approximate surface area is 118 Å².